The zero-order valence-corrected chi connectivity index (χ0v) is 18.1. The number of aryl methyl sites for hydroxylation is 1. The van der Waals surface area contributed by atoms with Gasteiger partial charge in [0.1, 0.15) is 18.2 Å². The summed E-state index contributed by atoms with van der Waals surface area (Å²) in [5.41, 5.74) is 1.82. The molecule has 7 nitrogen and oxygen atoms in total. The smallest absolute Gasteiger partial charge is 0.192 e. The summed E-state index contributed by atoms with van der Waals surface area (Å²) in [6, 6.07) is 13.4. The van der Waals surface area contributed by atoms with Crippen molar-refractivity contribution in [2.24, 2.45) is 0 Å². The Labute approximate surface area is 182 Å². The maximum atomic E-state index is 6.08. The second-order valence-corrected chi connectivity index (χ2v) is 7.53. The summed E-state index contributed by atoms with van der Waals surface area (Å²) in [6.07, 6.45) is 4.45. The lowest BCUT2D eigenvalue weighted by Gasteiger charge is -2.26. The van der Waals surface area contributed by atoms with E-state index in [1.54, 1.807) is 6.26 Å². The normalized spacial score (nSPS) is 16.6. The third-order valence-corrected chi connectivity index (χ3v) is 4.81. The molecule has 31 heavy (non-hydrogen) atoms. The number of para-hydroxylation sites is 2. The molecule has 1 aliphatic heterocycles. The first kappa shape index (κ1) is 20.8. The average molecular weight is 421 g/mol. The van der Waals surface area contributed by atoms with Gasteiger partial charge in [0.2, 0.25) is 0 Å². The van der Waals surface area contributed by atoms with Gasteiger partial charge in [0.05, 0.1) is 12.0 Å². The second-order valence-electron chi connectivity index (χ2n) is 7.53. The Bertz CT molecular complexity index is 1030. The lowest BCUT2D eigenvalue weighted by molar-refractivity contribution is 0.0850. The van der Waals surface area contributed by atoms with Gasteiger partial charge >= 0.3 is 0 Å². The lowest BCUT2D eigenvalue weighted by Crippen LogP contribution is -2.25. The third-order valence-electron chi connectivity index (χ3n) is 4.81. The van der Waals surface area contributed by atoms with Crippen molar-refractivity contribution in [2.45, 2.75) is 39.3 Å². The maximum absolute atomic E-state index is 6.08. The van der Waals surface area contributed by atoms with Gasteiger partial charge in [-0.3, -0.25) is 0 Å². The molecule has 162 valence electrons. The minimum absolute atomic E-state index is 0.0101. The minimum Gasteiger partial charge on any atom is -0.485 e. The van der Waals surface area contributed by atoms with Crippen LogP contribution in [0.3, 0.4) is 0 Å². The first-order valence-electron chi connectivity index (χ1n) is 10.6. The Morgan fingerprint density at radius 2 is 2.03 bits per heavy atom. The molecule has 0 amide bonds. The van der Waals surface area contributed by atoms with Crippen LogP contribution in [0, 0.1) is 6.92 Å². The molecule has 0 radical (unpaired) electrons. The number of furan rings is 1. The molecular weight excluding hydrogens is 392 g/mol. The molecule has 2 aromatic heterocycles. The lowest BCUT2D eigenvalue weighted by atomic mass is 10.2. The molecule has 3 aromatic rings. The van der Waals surface area contributed by atoms with Gasteiger partial charge < -0.3 is 24.5 Å². The van der Waals surface area contributed by atoms with Crippen molar-refractivity contribution >= 4 is 11.5 Å². The van der Waals surface area contributed by atoms with Gasteiger partial charge in [-0.15, -0.1) is 0 Å². The number of nitrogens with one attached hydrogen (secondary N) is 2. The summed E-state index contributed by atoms with van der Waals surface area (Å²) >= 11 is 0. The van der Waals surface area contributed by atoms with Crippen LogP contribution in [-0.4, -0.2) is 29.2 Å². The molecule has 1 aromatic carbocycles. The van der Waals surface area contributed by atoms with Crippen molar-refractivity contribution in [3.05, 3.63) is 72.1 Å². The van der Waals surface area contributed by atoms with Crippen LogP contribution in [0.25, 0.3) is 5.70 Å². The molecule has 1 aliphatic rings. The van der Waals surface area contributed by atoms with Gasteiger partial charge in [0.25, 0.3) is 0 Å². The summed E-state index contributed by atoms with van der Waals surface area (Å²) in [5, 5.41) is 6.88. The molecule has 0 aliphatic carbocycles. The highest BCUT2D eigenvalue weighted by atomic mass is 16.6. The number of rotatable bonds is 8. The van der Waals surface area contributed by atoms with E-state index in [1.807, 2.05) is 49.4 Å². The van der Waals surface area contributed by atoms with Crippen LogP contribution in [0.1, 0.15) is 43.7 Å². The molecule has 7 heteroatoms. The average Bonchev–Trinajstić information content (AvgIpc) is 3.30. The Balaban J connectivity index is 1.50. The van der Waals surface area contributed by atoms with E-state index < -0.39 is 0 Å². The fourth-order valence-electron chi connectivity index (χ4n) is 3.40. The summed E-state index contributed by atoms with van der Waals surface area (Å²) in [5.74, 6) is 3.60. The molecular formula is C24H28N4O3. The topological polar surface area (TPSA) is 81.4 Å². The predicted octanol–water partition coefficient (Wildman–Crippen LogP) is 4.73. The number of hydrogen-bond donors (Lipinski definition) is 2. The molecule has 0 spiro atoms. The van der Waals surface area contributed by atoms with Crippen molar-refractivity contribution in [2.75, 3.05) is 18.5 Å². The highest BCUT2D eigenvalue weighted by Crippen LogP contribution is 2.35. The molecule has 0 saturated carbocycles. The minimum atomic E-state index is -0.355. The fourth-order valence-corrected chi connectivity index (χ4v) is 3.40. The van der Waals surface area contributed by atoms with Gasteiger partial charge in [-0.25, -0.2) is 9.97 Å². The highest BCUT2D eigenvalue weighted by molar-refractivity contribution is 5.61. The van der Waals surface area contributed by atoms with Crippen molar-refractivity contribution in [3.8, 4) is 11.5 Å². The quantitative estimate of drug-likeness (QED) is 0.545. The van der Waals surface area contributed by atoms with Crippen LogP contribution < -0.4 is 20.1 Å². The van der Waals surface area contributed by atoms with Crippen LogP contribution in [-0.2, 0) is 0 Å². The Kier molecular flexibility index (Phi) is 6.40. The van der Waals surface area contributed by atoms with Gasteiger partial charge in [0, 0.05) is 24.3 Å². The van der Waals surface area contributed by atoms with Crippen LogP contribution in [0.5, 0.6) is 11.5 Å². The SMILES string of the molecule is CCCN/C(=C\C(C)Nc1cc(C)nc(C2COc3ccccc3O2)n1)c1ccco1. The standard InChI is InChI=1S/C24H28N4O3/c1-4-11-25-18(19-10-7-12-29-19)13-16(2)26-23-14-17(3)27-24(28-23)22-15-30-20-8-5-6-9-21(20)31-22/h5-10,12-14,16,22,25H,4,11,15H2,1-3H3,(H,26,27,28)/b18-13-. The number of nitrogens with zero attached hydrogens (tertiary/aromatic N) is 2. The molecule has 0 bridgehead atoms. The zero-order chi connectivity index (χ0) is 21.6. The van der Waals surface area contributed by atoms with E-state index in [2.05, 4.69) is 35.5 Å². The Morgan fingerprint density at radius 3 is 2.81 bits per heavy atom. The first-order valence-corrected chi connectivity index (χ1v) is 10.6. The summed E-state index contributed by atoms with van der Waals surface area (Å²) in [4.78, 5) is 9.28. The van der Waals surface area contributed by atoms with E-state index in [4.69, 9.17) is 18.9 Å². The van der Waals surface area contributed by atoms with E-state index in [9.17, 15) is 0 Å². The third kappa shape index (κ3) is 5.17. The van der Waals surface area contributed by atoms with Crippen LogP contribution in [0.4, 0.5) is 5.82 Å². The van der Waals surface area contributed by atoms with Crippen molar-refractivity contribution in [1.82, 2.24) is 15.3 Å². The van der Waals surface area contributed by atoms with Crippen molar-refractivity contribution in [3.63, 3.8) is 0 Å². The van der Waals surface area contributed by atoms with Gasteiger partial charge in [-0.2, -0.15) is 0 Å². The molecule has 0 saturated heterocycles. The number of fused-ring (bicyclic) bond motifs is 1. The van der Waals surface area contributed by atoms with Crippen molar-refractivity contribution < 1.29 is 13.9 Å². The van der Waals surface area contributed by atoms with Crippen LogP contribution in [0.2, 0.25) is 0 Å². The fraction of sp³-hybridized carbons (Fsp3) is 0.333. The monoisotopic (exact) mass is 420 g/mol. The number of benzene rings is 1. The van der Waals surface area contributed by atoms with Gasteiger partial charge in [-0.05, 0) is 50.6 Å². The maximum Gasteiger partial charge on any atom is 0.192 e. The zero-order valence-electron chi connectivity index (χ0n) is 18.1. The molecule has 3 heterocycles. The van der Waals surface area contributed by atoms with Crippen molar-refractivity contribution in [1.29, 1.82) is 0 Å². The number of anilines is 1. The van der Waals surface area contributed by atoms with E-state index in [0.29, 0.717) is 18.2 Å². The summed E-state index contributed by atoms with van der Waals surface area (Å²) < 4.78 is 17.5. The van der Waals surface area contributed by atoms with Crippen LogP contribution >= 0.6 is 0 Å². The highest BCUT2D eigenvalue weighted by Gasteiger charge is 2.25. The summed E-state index contributed by atoms with van der Waals surface area (Å²) in [7, 11) is 0. The largest absolute Gasteiger partial charge is 0.485 e. The van der Waals surface area contributed by atoms with E-state index in [0.717, 1.165) is 41.7 Å². The van der Waals surface area contributed by atoms with E-state index in [-0.39, 0.29) is 12.1 Å². The molecule has 4 rings (SSSR count). The first-order chi connectivity index (χ1) is 15.1. The van der Waals surface area contributed by atoms with E-state index >= 15 is 0 Å². The number of ether oxygens (including phenoxy) is 2. The van der Waals surface area contributed by atoms with Gasteiger partial charge in [0.15, 0.2) is 23.4 Å². The Morgan fingerprint density at radius 1 is 1.19 bits per heavy atom. The molecule has 0 fully saturated rings. The molecule has 2 atom stereocenters. The van der Waals surface area contributed by atoms with Crippen LogP contribution in [0.15, 0.2) is 59.2 Å². The Hall–Kier alpha value is -3.48. The molecule has 2 unspecified atom stereocenters. The predicted molar refractivity (Wildman–Crippen MR) is 120 cm³/mol. The number of hydrogen-bond acceptors (Lipinski definition) is 7. The molecule has 2 N–H and O–H groups in total. The second kappa shape index (κ2) is 9.55. The van der Waals surface area contributed by atoms with E-state index in [1.165, 1.54) is 0 Å². The van der Waals surface area contributed by atoms with Gasteiger partial charge in [-0.1, -0.05) is 19.1 Å². The number of aromatic nitrogens is 2. The summed E-state index contributed by atoms with van der Waals surface area (Å²) in [6.45, 7) is 7.40.